The summed E-state index contributed by atoms with van der Waals surface area (Å²) in [5.74, 6) is 1.66. The van der Waals surface area contributed by atoms with Crippen LogP contribution >= 0.6 is 11.8 Å². The predicted octanol–water partition coefficient (Wildman–Crippen LogP) is 5.25. The van der Waals surface area contributed by atoms with Gasteiger partial charge < -0.3 is 24.3 Å². The lowest BCUT2D eigenvalue weighted by atomic mass is 9.79. The number of carboxylic acids is 1. The lowest BCUT2D eigenvalue weighted by molar-refractivity contribution is -0.137. The highest BCUT2D eigenvalue weighted by molar-refractivity contribution is 7.99. The first kappa shape index (κ1) is 25.5. The van der Waals surface area contributed by atoms with Crippen LogP contribution in [0.1, 0.15) is 43.8 Å². The SMILES string of the molecule is COc1ccc2nccc(C(O)CC[C@@H]3CCN(CCSc4ccco4)C[C@@H]3CCC(=O)O)c2c1. The number of pyridine rings is 1. The summed E-state index contributed by atoms with van der Waals surface area (Å²) in [6.45, 7) is 2.86. The van der Waals surface area contributed by atoms with Gasteiger partial charge in [-0.25, -0.2) is 0 Å². The molecule has 1 aliphatic rings. The van der Waals surface area contributed by atoms with Crippen molar-refractivity contribution in [3.8, 4) is 5.75 Å². The van der Waals surface area contributed by atoms with E-state index in [-0.39, 0.29) is 6.42 Å². The minimum Gasteiger partial charge on any atom is -0.497 e. The summed E-state index contributed by atoms with van der Waals surface area (Å²) in [5.41, 5.74) is 1.70. The van der Waals surface area contributed by atoms with Crippen molar-refractivity contribution in [2.75, 3.05) is 32.5 Å². The standard InChI is InChI=1S/C27H34N2O5S/c1-33-21-6-7-24-23(17-21)22(10-12-28-24)25(30)8-4-19-11-13-29(18-20(19)5-9-26(31)32)14-16-35-27-3-2-15-34-27/h2-3,6-7,10,12,15,17,19-20,25,30H,4-5,8-9,11,13-14,16,18H2,1H3,(H,31,32)/t19-,20+,25?/m1/s1. The predicted molar refractivity (Wildman–Crippen MR) is 137 cm³/mol. The second-order valence-electron chi connectivity index (χ2n) is 9.20. The van der Waals surface area contributed by atoms with Crippen molar-refractivity contribution in [3.63, 3.8) is 0 Å². The third-order valence-corrected chi connectivity index (χ3v) is 7.91. The number of aliphatic hydroxyl groups excluding tert-OH is 1. The van der Waals surface area contributed by atoms with Crippen LogP contribution in [0.4, 0.5) is 0 Å². The summed E-state index contributed by atoms with van der Waals surface area (Å²) in [6.07, 6.45) is 6.22. The highest BCUT2D eigenvalue weighted by atomic mass is 32.2. The molecule has 4 rings (SSSR count). The van der Waals surface area contributed by atoms with Gasteiger partial charge in [0.1, 0.15) is 5.75 Å². The molecule has 3 heterocycles. The molecule has 0 bridgehead atoms. The fraction of sp³-hybridized carbons (Fsp3) is 0.481. The number of hydrogen-bond acceptors (Lipinski definition) is 7. The second-order valence-corrected chi connectivity index (χ2v) is 10.3. The molecule has 0 aliphatic carbocycles. The summed E-state index contributed by atoms with van der Waals surface area (Å²) in [7, 11) is 1.63. The van der Waals surface area contributed by atoms with Gasteiger partial charge >= 0.3 is 5.97 Å². The fourth-order valence-electron chi connectivity index (χ4n) is 5.09. The zero-order valence-electron chi connectivity index (χ0n) is 20.1. The highest BCUT2D eigenvalue weighted by Crippen LogP contribution is 2.35. The Labute approximate surface area is 210 Å². The third kappa shape index (κ3) is 6.99. The fourth-order valence-corrected chi connectivity index (χ4v) is 5.94. The number of nitrogens with zero attached hydrogens (tertiary/aromatic N) is 2. The van der Waals surface area contributed by atoms with Crippen LogP contribution in [0.3, 0.4) is 0 Å². The number of hydrogen-bond donors (Lipinski definition) is 2. The van der Waals surface area contributed by atoms with E-state index in [0.717, 1.165) is 65.5 Å². The topological polar surface area (TPSA) is 96.0 Å². The lowest BCUT2D eigenvalue weighted by Crippen LogP contribution is -2.41. The van der Waals surface area contributed by atoms with Gasteiger partial charge in [0.2, 0.25) is 0 Å². The smallest absolute Gasteiger partial charge is 0.303 e. The summed E-state index contributed by atoms with van der Waals surface area (Å²) in [6, 6.07) is 11.5. The number of likely N-dealkylation sites (tertiary alicyclic amines) is 1. The molecule has 2 N–H and O–H groups in total. The van der Waals surface area contributed by atoms with Gasteiger partial charge in [0, 0.05) is 36.8 Å². The number of thioether (sulfide) groups is 1. The van der Waals surface area contributed by atoms with Crippen LogP contribution in [0.25, 0.3) is 10.9 Å². The molecule has 35 heavy (non-hydrogen) atoms. The van der Waals surface area contributed by atoms with Crippen molar-refractivity contribution in [2.45, 2.75) is 43.3 Å². The van der Waals surface area contributed by atoms with E-state index in [4.69, 9.17) is 9.15 Å². The zero-order valence-corrected chi connectivity index (χ0v) is 21.0. The maximum atomic E-state index is 11.3. The Hall–Kier alpha value is -2.55. The van der Waals surface area contributed by atoms with E-state index in [0.29, 0.717) is 24.7 Å². The van der Waals surface area contributed by atoms with Gasteiger partial charge in [0.05, 0.1) is 25.0 Å². The van der Waals surface area contributed by atoms with E-state index < -0.39 is 12.1 Å². The van der Waals surface area contributed by atoms with Crippen molar-refractivity contribution in [1.29, 1.82) is 0 Å². The van der Waals surface area contributed by atoms with Crippen LogP contribution in [0.5, 0.6) is 5.75 Å². The van der Waals surface area contributed by atoms with Crippen LogP contribution in [-0.4, -0.2) is 58.6 Å². The van der Waals surface area contributed by atoms with Crippen LogP contribution in [-0.2, 0) is 4.79 Å². The number of aromatic nitrogens is 1. The minimum absolute atomic E-state index is 0.188. The Kier molecular flexibility index (Phi) is 9.06. The van der Waals surface area contributed by atoms with Crippen LogP contribution in [0, 0.1) is 11.8 Å². The van der Waals surface area contributed by atoms with Crippen LogP contribution < -0.4 is 4.74 Å². The molecular formula is C27H34N2O5S. The molecule has 0 spiro atoms. The quantitative estimate of drug-likeness (QED) is 0.327. The number of aliphatic carboxylic acids is 1. The normalized spacial score (nSPS) is 19.6. The molecule has 8 heteroatoms. The van der Waals surface area contributed by atoms with Gasteiger partial charge in [0.15, 0.2) is 5.09 Å². The largest absolute Gasteiger partial charge is 0.497 e. The molecule has 1 aromatic carbocycles. The van der Waals surface area contributed by atoms with E-state index in [1.54, 1.807) is 31.3 Å². The van der Waals surface area contributed by atoms with Crippen molar-refractivity contribution in [2.24, 2.45) is 11.8 Å². The molecule has 7 nitrogen and oxygen atoms in total. The van der Waals surface area contributed by atoms with Crippen molar-refractivity contribution in [1.82, 2.24) is 9.88 Å². The Balaban J connectivity index is 1.36. The Morgan fingerprint density at radius 2 is 2.17 bits per heavy atom. The number of aliphatic hydroxyl groups is 1. The number of rotatable bonds is 12. The molecule has 1 fully saturated rings. The number of fused-ring (bicyclic) bond motifs is 1. The average Bonchev–Trinajstić information content (AvgIpc) is 3.39. The summed E-state index contributed by atoms with van der Waals surface area (Å²) in [5, 5.41) is 22.2. The Morgan fingerprint density at radius 1 is 1.29 bits per heavy atom. The monoisotopic (exact) mass is 498 g/mol. The Bertz CT molecular complexity index is 1090. The zero-order chi connectivity index (χ0) is 24.6. The average molecular weight is 499 g/mol. The van der Waals surface area contributed by atoms with E-state index in [9.17, 15) is 15.0 Å². The molecule has 1 aliphatic heterocycles. The molecule has 1 unspecified atom stereocenters. The Morgan fingerprint density at radius 3 is 2.94 bits per heavy atom. The molecule has 3 atom stereocenters. The number of furan rings is 1. The van der Waals surface area contributed by atoms with Crippen LogP contribution in [0.15, 0.2) is 58.4 Å². The number of piperidine rings is 1. The summed E-state index contributed by atoms with van der Waals surface area (Å²) in [4.78, 5) is 18.1. The number of carboxylic acid groups (broad SMARTS) is 1. The van der Waals surface area contributed by atoms with Gasteiger partial charge in [-0.2, -0.15) is 0 Å². The molecule has 0 saturated carbocycles. The number of carbonyl (C=O) groups is 1. The van der Waals surface area contributed by atoms with Gasteiger partial charge in [0.25, 0.3) is 0 Å². The van der Waals surface area contributed by atoms with E-state index in [1.165, 1.54) is 0 Å². The molecule has 0 radical (unpaired) electrons. The third-order valence-electron chi connectivity index (χ3n) is 7.00. The van der Waals surface area contributed by atoms with E-state index >= 15 is 0 Å². The first-order chi connectivity index (χ1) is 17.0. The van der Waals surface area contributed by atoms with Crippen molar-refractivity contribution < 1.29 is 24.2 Å². The number of benzene rings is 1. The van der Waals surface area contributed by atoms with Crippen LogP contribution in [0.2, 0.25) is 0 Å². The van der Waals surface area contributed by atoms with Gasteiger partial charge in [-0.1, -0.05) is 11.8 Å². The molecular weight excluding hydrogens is 464 g/mol. The molecule has 188 valence electrons. The molecule has 0 amide bonds. The van der Waals surface area contributed by atoms with Gasteiger partial charge in [-0.05, 0) is 86.0 Å². The summed E-state index contributed by atoms with van der Waals surface area (Å²) >= 11 is 1.71. The molecule has 1 saturated heterocycles. The number of methoxy groups -OCH3 is 1. The van der Waals surface area contributed by atoms with E-state index in [2.05, 4.69) is 9.88 Å². The maximum Gasteiger partial charge on any atom is 0.303 e. The van der Waals surface area contributed by atoms with Gasteiger partial charge in [-0.3, -0.25) is 9.78 Å². The number of ether oxygens (including phenoxy) is 1. The van der Waals surface area contributed by atoms with Crippen molar-refractivity contribution in [3.05, 3.63) is 54.4 Å². The van der Waals surface area contributed by atoms with Gasteiger partial charge in [-0.15, -0.1) is 0 Å². The van der Waals surface area contributed by atoms with Crippen molar-refractivity contribution >= 4 is 28.6 Å². The summed E-state index contributed by atoms with van der Waals surface area (Å²) < 4.78 is 10.8. The van der Waals surface area contributed by atoms with E-state index in [1.807, 2.05) is 36.4 Å². The molecule has 3 aromatic rings. The second kappa shape index (κ2) is 12.4. The highest BCUT2D eigenvalue weighted by Gasteiger charge is 2.30. The lowest BCUT2D eigenvalue weighted by Gasteiger charge is -2.39. The first-order valence-corrected chi connectivity index (χ1v) is 13.2. The maximum absolute atomic E-state index is 11.3. The first-order valence-electron chi connectivity index (χ1n) is 12.2. The minimum atomic E-state index is -0.744. The molecule has 2 aromatic heterocycles.